The Hall–Kier alpha value is -1.87. The highest BCUT2D eigenvalue weighted by atomic mass is 35.5. The lowest BCUT2D eigenvalue weighted by molar-refractivity contribution is -0.165. The third-order valence-electron chi connectivity index (χ3n) is 4.83. The van der Waals surface area contributed by atoms with Crippen LogP contribution in [0.15, 0.2) is 29.3 Å². The molecule has 1 aliphatic heterocycles. The van der Waals surface area contributed by atoms with E-state index in [1.807, 2.05) is 26.8 Å². The number of nitrogens with zero attached hydrogens (tertiary/aromatic N) is 1. The zero-order valence-electron chi connectivity index (χ0n) is 20.3. The first kappa shape index (κ1) is 28.4. The normalized spacial score (nSPS) is 17.2. The predicted octanol–water partition coefficient (Wildman–Crippen LogP) is 6.01. The molecule has 2 rings (SSSR count). The summed E-state index contributed by atoms with van der Waals surface area (Å²) in [6.07, 6.45) is 2.32. The summed E-state index contributed by atoms with van der Waals surface area (Å²) in [4.78, 5) is 16.8. The van der Waals surface area contributed by atoms with Crippen molar-refractivity contribution in [1.29, 1.82) is 5.41 Å². The molecule has 10 heteroatoms. The minimum atomic E-state index is -1.20. The second kappa shape index (κ2) is 13.3. The molecular weight excluding hydrogens is 481 g/mol. The molecule has 1 heterocycles. The number of aliphatic imine (C=N–C) groups is 1. The van der Waals surface area contributed by atoms with E-state index < -0.39 is 10.4 Å². The zero-order valence-corrected chi connectivity index (χ0v) is 21.8. The molecule has 1 atom stereocenters. The summed E-state index contributed by atoms with van der Waals surface area (Å²) in [5, 5.41) is 11.0. The summed E-state index contributed by atoms with van der Waals surface area (Å²) >= 11 is 11.7. The van der Waals surface area contributed by atoms with E-state index in [0.29, 0.717) is 30.4 Å². The molecule has 190 valence electrons. The first-order valence-electron chi connectivity index (χ1n) is 11.4. The van der Waals surface area contributed by atoms with Gasteiger partial charge in [0.2, 0.25) is 0 Å². The third kappa shape index (κ3) is 11.5. The van der Waals surface area contributed by atoms with E-state index in [9.17, 15) is 4.79 Å². The van der Waals surface area contributed by atoms with Crippen molar-refractivity contribution in [2.75, 3.05) is 26.4 Å². The Bertz CT molecular complexity index is 844. The number of carbonyl (C=O) groups is 1. The number of hydrogen-bond donors (Lipinski definition) is 2. The number of carbonyl (C=O) groups excluding carboxylic acids is 1. The Morgan fingerprint density at radius 3 is 2.65 bits per heavy atom. The van der Waals surface area contributed by atoms with E-state index in [0.717, 1.165) is 25.9 Å². The summed E-state index contributed by atoms with van der Waals surface area (Å²) in [6, 6.07) is 7.15. The Kier molecular flexibility index (Phi) is 11.1. The molecule has 0 saturated carbocycles. The maximum Gasteiger partial charge on any atom is 0.412 e. The second-order valence-corrected chi connectivity index (χ2v) is 11.1. The number of ether oxygens (including phenoxy) is 4. The summed E-state index contributed by atoms with van der Waals surface area (Å²) < 4.78 is 20.9. The Morgan fingerprint density at radius 2 is 2.00 bits per heavy atom. The minimum Gasteiger partial charge on any atom is -0.491 e. The molecule has 1 aliphatic rings. The quantitative estimate of drug-likeness (QED) is 0.172. The lowest BCUT2D eigenvalue weighted by atomic mass is 9.88. The molecule has 0 spiro atoms. The van der Waals surface area contributed by atoms with Crippen molar-refractivity contribution in [1.82, 2.24) is 5.32 Å². The standard InChI is InChI=1S/C24H35Cl2N3O5/c1-23(2,3)19(27)15-20(29-22(30)34-16-24(4,25)26)28-17-8-7-9-18(14-17)31-12-13-33-21-10-5-6-11-32-21/h7-9,14,21,27H,5-6,10-13,15-16H2,1-4H3,(H,28,29,30). The molecule has 1 aromatic carbocycles. The summed E-state index contributed by atoms with van der Waals surface area (Å²) in [6.45, 7) is 8.62. The molecular formula is C24H35Cl2N3O5. The van der Waals surface area contributed by atoms with Crippen molar-refractivity contribution in [3.8, 4) is 5.75 Å². The van der Waals surface area contributed by atoms with Crippen LogP contribution < -0.4 is 10.1 Å². The van der Waals surface area contributed by atoms with Gasteiger partial charge in [0.1, 0.15) is 29.1 Å². The van der Waals surface area contributed by atoms with E-state index in [-0.39, 0.29) is 30.6 Å². The van der Waals surface area contributed by atoms with Crippen molar-refractivity contribution >= 4 is 46.5 Å². The average molecular weight is 516 g/mol. The molecule has 34 heavy (non-hydrogen) atoms. The molecule has 8 nitrogen and oxygen atoms in total. The van der Waals surface area contributed by atoms with Crippen LogP contribution in [-0.4, -0.2) is 54.7 Å². The van der Waals surface area contributed by atoms with Gasteiger partial charge in [-0.3, -0.25) is 5.32 Å². The fourth-order valence-electron chi connectivity index (χ4n) is 2.87. The number of nitrogens with one attached hydrogen (secondary N) is 2. The SMILES string of the molecule is CC(Cl)(Cl)COC(=O)NC(CC(=N)C(C)(C)C)=Nc1cccc(OCCOC2CCCCO2)c1. The van der Waals surface area contributed by atoms with Gasteiger partial charge in [-0.15, -0.1) is 0 Å². The van der Waals surface area contributed by atoms with E-state index in [4.69, 9.17) is 47.6 Å². The smallest absolute Gasteiger partial charge is 0.412 e. The third-order valence-corrected chi connectivity index (χ3v) is 5.05. The number of halogens is 2. The van der Waals surface area contributed by atoms with Crippen LogP contribution in [0.3, 0.4) is 0 Å². The topological polar surface area (TPSA) is 102 Å². The van der Waals surface area contributed by atoms with E-state index in [1.54, 1.807) is 18.2 Å². The van der Waals surface area contributed by atoms with Crippen LogP contribution in [0.25, 0.3) is 0 Å². The van der Waals surface area contributed by atoms with Gasteiger partial charge in [0.05, 0.1) is 12.3 Å². The van der Waals surface area contributed by atoms with Gasteiger partial charge in [0.15, 0.2) is 6.29 Å². The molecule has 1 amide bonds. The molecule has 1 unspecified atom stereocenters. The molecule has 1 fully saturated rings. The predicted molar refractivity (Wildman–Crippen MR) is 135 cm³/mol. The zero-order chi connectivity index (χ0) is 25.2. The monoisotopic (exact) mass is 515 g/mol. The Balaban J connectivity index is 2.01. The lowest BCUT2D eigenvalue weighted by Gasteiger charge is -2.22. The molecule has 0 bridgehead atoms. The maximum absolute atomic E-state index is 12.2. The van der Waals surface area contributed by atoms with Gasteiger partial charge >= 0.3 is 6.09 Å². The summed E-state index contributed by atoms with van der Waals surface area (Å²) in [5.74, 6) is 0.882. The van der Waals surface area contributed by atoms with Crippen molar-refractivity contribution in [2.45, 2.75) is 64.0 Å². The number of rotatable bonds is 10. The maximum atomic E-state index is 12.2. The lowest BCUT2D eigenvalue weighted by Crippen LogP contribution is -2.36. The van der Waals surface area contributed by atoms with E-state index in [1.165, 1.54) is 6.92 Å². The van der Waals surface area contributed by atoms with Gasteiger partial charge in [-0.25, -0.2) is 9.79 Å². The first-order valence-corrected chi connectivity index (χ1v) is 12.1. The fourth-order valence-corrected chi connectivity index (χ4v) is 2.98. The van der Waals surface area contributed by atoms with Crippen molar-refractivity contribution in [3.05, 3.63) is 24.3 Å². The summed E-state index contributed by atoms with van der Waals surface area (Å²) in [7, 11) is 0. The fraction of sp³-hybridized carbons (Fsp3) is 0.625. The van der Waals surface area contributed by atoms with Gasteiger partial charge in [0.25, 0.3) is 0 Å². The van der Waals surface area contributed by atoms with Crippen LogP contribution >= 0.6 is 23.2 Å². The average Bonchev–Trinajstić information content (AvgIpc) is 2.75. The van der Waals surface area contributed by atoms with E-state index in [2.05, 4.69) is 10.3 Å². The van der Waals surface area contributed by atoms with Gasteiger partial charge in [-0.2, -0.15) is 0 Å². The highest BCUT2D eigenvalue weighted by Crippen LogP contribution is 2.23. The largest absolute Gasteiger partial charge is 0.491 e. The van der Waals surface area contributed by atoms with Gasteiger partial charge in [-0.1, -0.05) is 50.0 Å². The van der Waals surface area contributed by atoms with Crippen LogP contribution in [0, 0.1) is 10.8 Å². The first-order chi connectivity index (χ1) is 15.9. The highest BCUT2D eigenvalue weighted by Gasteiger charge is 2.22. The van der Waals surface area contributed by atoms with Crippen molar-refractivity contribution in [3.63, 3.8) is 0 Å². The molecule has 0 aliphatic carbocycles. The number of amides is 1. The van der Waals surface area contributed by atoms with Gasteiger partial charge in [-0.05, 0) is 43.7 Å². The minimum absolute atomic E-state index is 0.137. The number of alkyl carbamates (subject to hydrolysis) is 1. The van der Waals surface area contributed by atoms with Crippen molar-refractivity contribution < 1.29 is 23.7 Å². The van der Waals surface area contributed by atoms with Crippen LogP contribution in [0.5, 0.6) is 5.75 Å². The molecule has 1 aromatic rings. The number of hydrogen-bond acceptors (Lipinski definition) is 7. The van der Waals surface area contributed by atoms with Crippen LogP contribution in [-0.2, 0) is 14.2 Å². The van der Waals surface area contributed by atoms with Gasteiger partial charge < -0.3 is 24.4 Å². The van der Waals surface area contributed by atoms with Gasteiger partial charge in [0, 0.05) is 24.8 Å². The molecule has 1 saturated heterocycles. The summed E-state index contributed by atoms with van der Waals surface area (Å²) in [5.41, 5.74) is 0.579. The van der Waals surface area contributed by atoms with Crippen molar-refractivity contribution in [2.24, 2.45) is 10.4 Å². The van der Waals surface area contributed by atoms with Crippen LogP contribution in [0.2, 0.25) is 0 Å². The van der Waals surface area contributed by atoms with E-state index >= 15 is 0 Å². The van der Waals surface area contributed by atoms with Crippen LogP contribution in [0.1, 0.15) is 53.4 Å². The number of amidine groups is 1. The number of alkyl halides is 2. The number of benzene rings is 1. The molecule has 0 aromatic heterocycles. The Labute approximate surface area is 211 Å². The van der Waals surface area contributed by atoms with Crippen LogP contribution in [0.4, 0.5) is 10.5 Å². The molecule has 2 N–H and O–H groups in total. The Morgan fingerprint density at radius 1 is 1.24 bits per heavy atom. The molecule has 0 radical (unpaired) electrons. The second-order valence-electron chi connectivity index (χ2n) is 9.25. The highest BCUT2D eigenvalue weighted by molar-refractivity contribution is 6.48.